The SMILES string of the molecule is Cc1cc(NC(=O)c2cc3cccc(C)c3nn2)n(Cc2ccccn2)n1. The zero-order valence-electron chi connectivity index (χ0n) is 15.0. The van der Waals surface area contributed by atoms with Gasteiger partial charge in [0.05, 0.1) is 23.4 Å². The van der Waals surface area contributed by atoms with E-state index < -0.39 is 0 Å². The maximum absolute atomic E-state index is 12.7. The molecule has 134 valence electrons. The topological polar surface area (TPSA) is 85.6 Å². The first kappa shape index (κ1) is 16.8. The Morgan fingerprint density at radius 1 is 1.07 bits per heavy atom. The summed E-state index contributed by atoms with van der Waals surface area (Å²) in [6, 6.07) is 15.1. The molecule has 1 N–H and O–H groups in total. The molecule has 0 unspecified atom stereocenters. The van der Waals surface area contributed by atoms with Gasteiger partial charge in [-0.3, -0.25) is 9.78 Å². The first-order valence-corrected chi connectivity index (χ1v) is 8.59. The summed E-state index contributed by atoms with van der Waals surface area (Å²) in [4.78, 5) is 17.0. The molecule has 3 heterocycles. The van der Waals surface area contributed by atoms with Gasteiger partial charge in [0.2, 0.25) is 0 Å². The van der Waals surface area contributed by atoms with Crippen LogP contribution in [0.4, 0.5) is 5.82 Å². The minimum absolute atomic E-state index is 0.260. The highest BCUT2D eigenvalue weighted by atomic mass is 16.2. The first-order chi connectivity index (χ1) is 13.1. The molecule has 0 aliphatic rings. The molecule has 0 aliphatic carbocycles. The summed E-state index contributed by atoms with van der Waals surface area (Å²) in [5.41, 5.74) is 3.75. The number of aryl methyl sites for hydroxylation is 2. The molecule has 1 amide bonds. The predicted molar refractivity (Wildman–Crippen MR) is 103 cm³/mol. The van der Waals surface area contributed by atoms with Crippen molar-refractivity contribution >= 4 is 22.6 Å². The minimum atomic E-state index is -0.326. The lowest BCUT2D eigenvalue weighted by atomic mass is 10.1. The zero-order valence-corrected chi connectivity index (χ0v) is 15.0. The minimum Gasteiger partial charge on any atom is -0.305 e. The second-order valence-corrected chi connectivity index (χ2v) is 6.35. The number of hydrogen-bond acceptors (Lipinski definition) is 5. The van der Waals surface area contributed by atoms with Crippen LogP contribution in [0.5, 0.6) is 0 Å². The molecule has 4 rings (SSSR count). The number of pyridine rings is 1. The Morgan fingerprint density at radius 3 is 2.78 bits per heavy atom. The summed E-state index contributed by atoms with van der Waals surface area (Å²) in [5.74, 6) is 0.266. The van der Waals surface area contributed by atoms with Crippen LogP contribution in [0.25, 0.3) is 10.9 Å². The molecule has 0 atom stereocenters. The second-order valence-electron chi connectivity index (χ2n) is 6.35. The predicted octanol–water partition coefficient (Wildman–Crippen LogP) is 3.14. The van der Waals surface area contributed by atoms with Gasteiger partial charge in [0.25, 0.3) is 5.91 Å². The monoisotopic (exact) mass is 358 g/mol. The summed E-state index contributed by atoms with van der Waals surface area (Å²) in [6.45, 7) is 4.31. The van der Waals surface area contributed by atoms with Gasteiger partial charge in [-0.25, -0.2) is 4.68 Å². The largest absolute Gasteiger partial charge is 0.305 e. The summed E-state index contributed by atoms with van der Waals surface area (Å²) < 4.78 is 1.72. The highest BCUT2D eigenvalue weighted by Gasteiger charge is 2.14. The Morgan fingerprint density at radius 2 is 1.96 bits per heavy atom. The second kappa shape index (κ2) is 6.95. The van der Waals surface area contributed by atoms with Crippen LogP contribution in [0.1, 0.15) is 27.4 Å². The van der Waals surface area contributed by atoms with Crippen molar-refractivity contribution in [2.24, 2.45) is 0 Å². The normalized spacial score (nSPS) is 10.9. The summed E-state index contributed by atoms with van der Waals surface area (Å²) in [7, 11) is 0. The van der Waals surface area contributed by atoms with Crippen LogP contribution in [0.3, 0.4) is 0 Å². The van der Waals surface area contributed by atoms with Gasteiger partial charge in [-0.1, -0.05) is 24.3 Å². The number of anilines is 1. The number of amides is 1. The Kier molecular flexibility index (Phi) is 4.33. The van der Waals surface area contributed by atoms with Crippen LogP contribution >= 0.6 is 0 Å². The standard InChI is InChI=1S/C20H18N6O/c1-13-6-5-7-15-11-17(23-24-19(13)15)20(27)22-18-10-14(2)25-26(18)12-16-8-3-4-9-21-16/h3-11H,12H2,1-2H3,(H,22,27). The number of nitrogens with zero attached hydrogens (tertiary/aromatic N) is 5. The van der Waals surface area contributed by atoms with Crippen molar-refractivity contribution in [3.05, 3.63) is 77.4 Å². The molecule has 7 heteroatoms. The van der Waals surface area contributed by atoms with E-state index in [1.807, 2.05) is 56.3 Å². The molecule has 27 heavy (non-hydrogen) atoms. The number of carbonyl (C=O) groups excluding carboxylic acids is 1. The number of nitrogens with one attached hydrogen (secondary N) is 1. The van der Waals surface area contributed by atoms with Gasteiger partial charge in [-0.2, -0.15) is 5.10 Å². The van der Waals surface area contributed by atoms with E-state index in [0.717, 1.165) is 27.9 Å². The number of fused-ring (bicyclic) bond motifs is 1. The quantitative estimate of drug-likeness (QED) is 0.606. The lowest BCUT2D eigenvalue weighted by Gasteiger charge is -2.09. The maximum atomic E-state index is 12.7. The Balaban J connectivity index is 1.60. The van der Waals surface area contributed by atoms with Crippen molar-refractivity contribution in [1.82, 2.24) is 25.0 Å². The molecule has 0 radical (unpaired) electrons. The van der Waals surface area contributed by atoms with E-state index in [4.69, 9.17) is 0 Å². The third kappa shape index (κ3) is 3.52. The summed E-state index contributed by atoms with van der Waals surface area (Å²) in [5, 5.41) is 16.5. The average molecular weight is 358 g/mol. The lowest BCUT2D eigenvalue weighted by Crippen LogP contribution is -2.18. The Hall–Kier alpha value is -3.61. The first-order valence-electron chi connectivity index (χ1n) is 8.59. The van der Waals surface area contributed by atoms with E-state index in [2.05, 4.69) is 25.6 Å². The third-order valence-electron chi connectivity index (χ3n) is 4.23. The van der Waals surface area contributed by atoms with Gasteiger partial charge in [0, 0.05) is 17.6 Å². The van der Waals surface area contributed by atoms with Crippen LogP contribution in [-0.4, -0.2) is 30.9 Å². The molecule has 1 aromatic carbocycles. The number of rotatable bonds is 4. The summed E-state index contributed by atoms with van der Waals surface area (Å²) in [6.07, 6.45) is 1.73. The summed E-state index contributed by atoms with van der Waals surface area (Å²) >= 11 is 0. The lowest BCUT2D eigenvalue weighted by molar-refractivity contribution is 0.102. The van der Waals surface area contributed by atoms with E-state index >= 15 is 0 Å². The van der Waals surface area contributed by atoms with Crippen LogP contribution in [0.15, 0.2) is 54.7 Å². The number of carbonyl (C=O) groups is 1. The van der Waals surface area contributed by atoms with Crippen LogP contribution in [-0.2, 0) is 6.54 Å². The zero-order chi connectivity index (χ0) is 18.8. The van der Waals surface area contributed by atoms with Crippen LogP contribution in [0.2, 0.25) is 0 Å². The fourth-order valence-electron chi connectivity index (χ4n) is 2.92. The Bertz CT molecular complexity index is 1120. The fraction of sp³-hybridized carbons (Fsp3) is 0.150. The van der Waals surface area contributed by atoms with E-state index in [1.165, 1.54) is 0 Å². The number of hydrogen-bond donors (Lipinski definition) is 1. The van der Waals surface area contributed by atoms with Crippen molar-refractivity contribution < 1.29 is 4.79 Å². The van der Waals surface area contributed by atoms with Crippen molar-refractivity contribution in [3.63, 3.8) is 0 Å². The molecule has 3 aromatic heterocycles. The van der Waals surface area contributed by atoms with Crippen molar-refractivity contribution in [2.75, 3.05) is 5.32 Å². The molecule has 0 spiro atoms. The third-order valence-corrected chi connectivity index (χ3v) is 4.23. The van der Waals surface area contributed by atoms with Gasteiger partial charge in [0.1, 0.15) is 5.82 Å². The van der Waals surface area contributed by atoms with Crippen molar-refractivity contribution in [2.45, 2.75) is 20.4 Å². The number of aromatic nitrogens is 5. The van der Waals surface area contributed by atoms with E-state index in [9.17, 15) is 4.79 Å². The molecule has 0 saturated carbocycles. The Labute approximate surface area is 156 Å². The fourth-order valence-corrected chi connectivity index (χ4v) is 2.92. The van der Waals surface area contributed by atoms with Gasteiger partial charge < -0.3 is 5.32 Å². The smallest absolute Gasteiger partial charge is 0.277 e. The van der Waals surface area contributed by atoms with E-state index in [-0.39, 0.29) is 11.6 Å². The maximum Gasteiger partial charge on any atom is 0.277 e. The number of benzene rings is 1. The highest BCUT2D eigenvalue weighted by molar-refractivity contribution is 6.04. The van der Waals surface area contributed by atoms with Crippen molar-refractivity contribution in [3.8, 4) is 0 Å². The van der Waals surface area contributed by atoms with Gasteiger partial charge in [-0.05, 0) is 37.6 Å². The van der Waals surface area contributed by atoms with Gasteiger partial charge >= 0.3 is 0 Å². The molecular formula is C20H18N6O. The van der Waals surface area contributed by atoms with E-state index in [0.29, 0.717) is 12.4 Å². The molecule has 0 fully saturated rings. The van der Waals surface area contributed by atoms with E-state index in [1.54, 1.807) is 16.9 Å². The molecule has 0 bridgehead atoms. The molecule has 0 aliphatic heterocycles. The van der Waals surface area contributed by atoms with Crippen molar-refractivity contribution in [1.29, 1.82) is 0 Å². The highest BCUT2D eigenvalue weighted by Crippen LogP contribution is 2.17. The molecular weight excluding hydrogens is 340 g/mol. The van der Waals surface area contributed by atoms with Crippen LogP contribution < -0.4 is 5.32 Å². The molecule has 7 nitrogen and oxygen atoms in total. The average Bonchev–Trinajstić information content (AvgIpc) is 3.01. The van der Waals surface area contributed by atoms with Gasteiger partial charge in [0.15, 0.2) is 5.69 Å². The van der Waals surface area contributed by atoms with Crippen LogP contribution in [0, 0.1) is 13.8 Å². The molecule has 4 aromatic rings. The molecule has 0 saturated heterocycles. The van der Waals surface area contributed by atoms with Gasteiger partial charge in [-0.15, -0.1) is 10.2 Å².